The summed E-state index contributed by atoms with van der Waals surface area (Å²) in [5.41, 5.74) is 1.83. The van der Waals surface area contributed by atoms with Gasteiger partial charge in [0.15, 0.2) is 0 Å². The van der Waals surface area contributed by atoms with E-state index in [1.54, 1.807) is 12.4 Å². The van der Waals surface area contributed by atoms with Crippen LogP contribution >= 0.6 is 0 Å². The van der Waals surface area contributed by atoms with E-state index in [4.69, 9.17) is 0 Å². The van der Waals surface area contributed by atoms with Crippen LogP contribution in [-0.2, 0) is 25.8 Å². The Morgan fingerprint density at radius 2 is 1.18 bits per heavy atom. The van der Waals surface area contributed by atoms with Crippen molar-refractivity contribution in [2.75, 3.05) is 0 Å². The van der Waals surface area contributed by atoms with Crippen LogP contribution in [0.15, 0.2) is 48.8 Å². The summed E-state index contributed by atoms with van der Waals surface area (Å²) in [5, 5.41) is 0.722. The van der Waals surface area contributed by atoms with Gasteiger partial charge in [-0.25, -0.2) is 0 Å². The van der Waals surface area contributed by atoms with E-state index in [9.17, 15) is 10.4 Å². The zero-order valence-electron chi connectivity index (χ0n) is 9.12. The fourth-order valence-electron chi connectivity index (χ4n) is 1.03. The normalized spacial score (nSPS) is 10.2. The van der Waals surface area contributed by atoms with Gasteiger partial charge in [0.2, 0.25) is 0 Å². The first-order valence-electron chi connectivity index (χ1n) is 4.63. The van der Waals surface area contributed by atoms with E-state index >= 15 is 0 Å². The van der Waals surface area contributed by atoms with Gasteiger partial charge in [0.1, 0.15) is 0 Å². The van der Waals surface area contributed by atoms with Gasteiger partial charge in [0.05, 0.1) is 11.4 Å². The molecule has 6 heteroatoms. The summed E-state index contributed by atoms with van der Waals surface area (Å²) in [5.74, 6) is 0. The minimum absolute atomic E-state index is 0.722. The summed E-state index contributed by atoms with van der Waals surface area (Å²) in [6.07, 6.45) is 3.54. The van der Waals surface area contributed by atoms with Crippen molar-refractivity contribution in [2.24, 2.45) is 0 Å². The van der Waals surface area contributed by atoms with Crippen LogP contribution in [0.25, 0.3) is 11.4 Å². The van der Waals surface area contributed by atoms with E-state index < -0.39 is 15.4 Å². The van der Waals surface area contributed by atoms with Crippen molar-refractivity contribution in [3.63, 3.8) is 0 Å². The second-order valence-electron chi connectivity index (χ2n) is 3.08. The molecule has 90 valence electrons. The first kappa shape index (κ1) is 13.4. The van der Waals surface area contributed by atoms with Gasteiger partial charge in [-0.05, 0) is 24.3 Å². The third-order valence-electron chi connectivity index (χ3n) is 1.59. The number of hydrogen-bond donors (Lipinski definition) is 0. The van der Waals surface area contributed by atoms with Gasteiger partial charge in [0, 0.05) is 12.4 Å². The second-order valence-corrected chi connectivity index (χ2v) is 7.77. The van der Waals surface area contributed by atoms with Crippen molar-refractivity contribution >= 4 is 0 Å². The van der Waals surface area contributed by atoms with Gasteiger partial charge in [0.25, 0.3) is 0 Å². The number of hydrogen-bond acceptors (Lipinski definition) is 5. The van der Waals surface area contributed by atoms with Gasteiger partial charge < -0.3 is 0 Å². The molecular formula is C11H11N2O3Re. The molecule has 0 unspecified atom stereocenters. The van der Waals surface area contributed by atoms with Crippen LogP contribution in [-0.4, -0.2) is 9.97 Å². The van der Waals surface area contributed by atoms with Gasteiger partial charge in [-0.15, -0.1) is 0 Å². The summed E-state index contributed by atoms with van der Waals surface area (Å²) in [6.45, 7) is 0. The Balaban J connectivity index is 0.000000249. The SMILES string of the molecule is [CH3][Re](=[O])(=[O])=[O].c1ccc(-c2ccccn2)nc1. The fraction of sp³-hybridized carbons (Fsp3) is 0.0909. The minimum Gasteiger partial charge on any atom is -0.255 e. The van der Waals surface area contributed by atoms with Crippen LogP contribution < -0.4 is 0 Å². The quantitative estimate of drug-likeness (QED) is 0.728. The topological polar surface area (TPSA) is 77.0 Å². The summed E-state index contributed by atoms with van der Waals surface area (Å²) >= 11 is -4.86. The monoisotopic (exact) mass is 406 g/mol. The minimum atomic E-state index is -4.86. The Kier molecular flexibility index (Phi) is 4.89. The first-order chi connectivity index (χ1) is 7.97. The molecule has 0 atom stereocenters. The molecule has 2 aromatic rings. The van der Waals surface area contributed by atoms with E-state index in [0.717, 1.165) is 16.8 Å². The molecule has 2 rings (SSSR count). The van der Waals surface area contributed by atoms with E-state index in [1.807, 2.05) is 36.4 Å². The zero-order valence-corrected chi connectivity index (χ0v) is 11.8. The standard InChI is InChI=1S/C10H8N2.CH3.3O.Re/c1-3-7-11-9(5-1)10-6-2-4-8-12-10;;;;;/h1-8H;1H3;;;;. The molecule has 2 aromatic heterocycles. The Morgan fingerprint density at radius 3 is 1.41 bits per heavy atom. The molecule has 0 bridgehead atoms. The molecule has 0 amide bonds. The first-order valence-corrected chi connectivity index (χ1v) is 10.7. The van der Waals surface area contributed by atoms with Crippen LogP contribution in [0.1, 0.15) is 0 Å². The maximum Gasteiger partial charge on any atom is 0.0886 e. The van der Waals surface area contributed by atoms with Crippen LogP contribution in [0.5, 0.6) is 0 Å². The van der Waals surface area contributed by atoms with Crippen molar-refractivity contribution in [3.05, 3.63) is 48.8 Å². The van der Waals surface area contributed by atoms with E-state index in [2.05, 4.69) is 9.97 Å². The Hall–Kier alpha value is -1.64. The van der Waals surface area contributed by atoms with Crippen LogP contribution in [0.2, 0.25) is 5.40 Å². The third kappa shape index (κ3) is 6.51. The maximum absolute atomic E-state index is 9.19. The van der Waals surface area contributed by atoms with Gasteiger partial charge in [-0.3, -0.25) is 9.97 Å². The van der Waals surface area contributed by atoms with Gasteiger partial charge >= 0.3 is 31.2 Å². The molecule has 0 aliphatic rings. The fourth-order valence-corrected chi connectivity index (χ4v) is 1.03. The molecule has 0 N–H and O–H groups in total. The average Bonchev–Trinajstić information content (AvgIpc) is 2.29. The molecule has 2 heterocycles. The summed E-state index contributed by atoms with van der Waals surface area (Å²) < 4.78 is 27.6. The maximum atomic E-state index is 9.19. The van der Waals surface area contributed by atoms with E-state index in [-0.39, 0.29) is 0 Å². The molecule has 5 nitrogen and oxygen atoms in total. The summed E-state index contributed by atoms with van der Waals surface area (Å²) in [4.78, 5) is 8.37. The van der Waals surface area contributed by atoms with Gasteiger partial charge in [-0.1, -0.05) is 12.1 Å². The predicted octanol–water partition coefficient (Wildman–Crippen LogP) is 2.37. The number of pyridine rings is 2. The summed E-state index contributed by atoms with van der Waals surface area (Å²) in [6, 6.07) is 11.6. The van der Waals surface area contributed by atoms with Crippen molar-refractivity contribution in [2.45, 2.75) is 5.40 Å². The molecule has 0 aliphatic carbocycles. The largest absolute Gasteiger partial charge is 0.255 e. The third-order valence-corrected chi connectivity index (χ3v) is 1.59. The van der Waals surface area contributed by atoms with Crippen LogP contribution in [0, 0.1) is 0 Å². The molecular weight excluding hydrogens is 394 g/mol. The Bertz CT molecular complexity index is 553. The van der Waals surface area contributed by atoms with E-state index in [0.29, 0.717) is 0 Å². The average molecular weight is 405 g/mol. The molecule has 0 spiro atoms. The Morgan fingerprint density at radius 1 is 0.824 bits per heavy atom. The van der Waals surface area contributed by atoms with Crippen LogP contribution in [0.3, 0.4) is 0 Å². The molecule has 0 fully saturated rings. The summed E-state index contributed by atoms with van der Waals surface area (Å²) in [7, 11) is 0. The molecule has 0 saturated heterocycles. The predicted molar refractivity (Wildman–Crippen MR) is 55.4 cm³/mol. The number of nitrogens with zero attached hydrogens (tertiary/aromatic N) is 2. The van der Waals surface area contributed by atoms with Crippen LogP contribution in [0.4, 0.5) is 0 Å². The smallest absolute Gasteiger partial charge is 0.0886 e. The number of rotatable bonds is 1. The zero-order chi connectivity index (χ0) is 12.7. The Labute approximate surface area is 101 Å². The molecule has 0 saturated carbocycles. The van der Waals surface area contributed by atoms with Crippen molar-refractivity contribution in [1.82, 2.24) is 9.97 Å². The van der Waals surface area contributed by atoms with Crippen molar-refractivity contribution < 1.29 is 25.8 Å². The molecule has 0 aromatic carbocycles. The molecule has 17 heavy (non-hydrogen) atoms. The molecule has 0 radical (unpaired) electrons. The molecule has 0 aliphatic heterocycles. The van der Waals surface area contributed by atoms with E-state index in [1.165, 1.54) is 0 Å². The van der Waals surface area contributed by atoms with Crippen molar-refractivity contribution in [1.29, 1.82) is 0 Å². The second kappa shape index (κ2) is 6.18. The number of aromatic nitrogens is 2. The van der Waals surface area contributed by atoms with Gasteiger partial charge in [-0.2, -0.15) is 0 Å². The van der Waals surface area contributed by atoms with Crippen molar-refractivity contribution in [3.8, 4) is 11.4 Å².